The van der Waals surface area contributed by atoms with Gasteiger partial charge in [0.25, 0.3) is 0 Å². The number of hydrogen-bond donors (Lipinski definition) is 18. The highest BCUT2D eigenvalue weighted by Crippen LogP contribution is 2.50. The zero-order valence-electron chi connectivity index (χ0n) is 87.7. The highest BCUT2D eigenvalue weighted by atomic mass is 28.4. The van der Waals surface area contributed by atoms with Gasteiger partial charge in [-0.15, -0.1) is 0 Å². The van der Waals surface area contributed by atoms with Crippen molar-refractivity contribution in [3.63, 3.8) is 0 Å². The number of esters is 1. The molecule has 145 heavy (non-hydrogen) atoms. The van der Waals surface area contributed by atoms with Crippen molar-refractivity contribution in [2.75, 3.05) is 90.1 Å². The molecule has 0 aliphatic carbocycles. The van der Waals surface area contributed by atoms with E-state index in [0.717, 1.165) is 129 Å². The van der Waals surface area contributed by atoms with E-state index in [0.29, 0.717) is 117 Å². The maximum Gasteiger partial charge on any atom is 0.407 e. The molecular weight excluding hydrogens is 1880 g/mol. The van der Waals surface area contributed by atoms with Crippen molar-refractivity contribution in [1.82, 2.24) is 10.6 Å². The van der Waals surface area contributed by atoms with Gasteiger partial charge in [0.1, 0.15) is 11.2 Å². The molecule has 0 saturated carbocycles. The third kappa shape index (κ3) is 27.8. The first kappa shape index (κ1) is 110. The number of benzene rings is 7. The van der Waals surface area contributed by atoms with Gasteiger partial charge in [-0.25, -0.2) is 9.59 Å². The summed E-state index contributed by atoms with van der Waals surface area (Å²) in [6.07, 6.45) is 4.82. The summed E-state index contributed by atoms with van der Waals surface area (Å²) >= 11 is 0. The van der Waals surface area contributed by atoms with E-state index >= 15 is 0 Å². The molecule has 0 unspecified atom stereocenters. The van der Waals surface area contributed by atoms with E-state index in [1.54, 1.807) is 0 Å². The van der Waals surface area contributed by atoms with Crippen LogP contribution in [0.4, 0.5) is 49.4 Å². The molecular formula is C110H161N13O20Si2. The zero-order chi connectivity index (χ0) is 104. The molecule has 33 nitrogen and oxygen atoms in total. The predicted octanol–water partition coefficient (Wildman–Crippen LogP) is 15.6. The molecule has 0 radical (unpaired) electrons. The lowest BCUT2D eigenvalue weighted by atomic mass is 9.88. The number of amides is 2. The Kier molecular flexibility index (Phi) is 35.6. The van der Waals surface area contributed by atoms with E-state index < -0.39 is 70.5 Å². The van der Waals surface area contributed by atoms with Crippen LogP contribution in [0.3, 0.4) is 0 Å². The lowest BCUT2D eigenvalue weighted by molar-refractivity contribution is -0.143. The van der Waals surface area contributed by atoms with Gasteiger partial charge in [-0.05, 0) is 209 Å². The maximum atomic E-state index is 11.7. The topological polar surface area (TPSA) is 475 Å². The molecule has 14 aliphatic heterocycles. The van der Waals surface area contributed by atoms with Crippen molar-refractivity contribution in [1.29, 1.82) is 0 Å². The maximum absolute atomic E-state index is 11.7. The molecule has 21 rings (SSSR count). The number of rotatable bonds is 16. The van der Waals surface area contributed by atoms with Crippen LogP contribution >= 0.6 is 0 Å². The fourth-order valence-corrected chi connectivity index (χ4v) is 22.9. The summed E-state index contributed by atoms with van der Waals surface area (Å²) in [7, 11) is -3.58. The number of alkyl carbamates (subject to hydrolysis) is 2. The SMILES string of the molecule is CC(C)(C)OC(=O)NCc1ccc2c(c1)[C@@H]1C[C@H](N2)[C@H](O)CO1.CC(C)(C)OC(=O)NCc1ccc2c(c1)[C@H]1C[C@@H](N2)[C@H](O)CO1.CC(C)(C)[Si](C)(C)O[C@@H]1CO[C@@H]2C[C@H]1Nc1ccc(CN)cc12.CC(C)(C)[Si](C)(C)O[C@@H]1CO[C@H]2C[C@@H]1Nc1ccc(CN)cc12.CCOC(=O)CCc1ccc2c(c1)[C@H]1C[C@@H](N2)[C@@H](O)CO1.NCc1ccc2c(c1)[C@@H]1C[C@H](N2)[C@H](O)CO1.NCc1ccc2c(c1)[C@H]1C[C@@H](N2)[C@H](O)CO1. The van der Waals surface area contributed by atoms with E-state index in [1.807, 2.05) is 121 Å². The van der Waals surface area contributed by atoms with Crippen LogP contribution in [0.2, 0.25) is 36.3 Å². The van der Waals surface area contributed by atoms with Gasteiger partial charge in [0, 0.05) is 169 Å². The number of aryl methyl sites for hydroxylation is 1. The van der Waals surface area contributed by atoms with Gasteiger partial charge in [-0.3, -0.25) is 4.79 Å². The highest BCUT2D eigenvalue weighted by molar-refractivity contribution is 6.74. The number of fused-ring (bicyclic) bond motifs is 28. The van der Waals surface area contributed by atoms with Crippen molar-refractivity contribution in [3.8, 4) is 0 Å². The molecule has 14 bridgehead atoms. The van der Waals surface area contributed by atoms with Crippen LogP contribution in [-0.2, 0) is 107 Å². The molecule has 794 valence electrons. The molecule has 2 amide bonds. The largest absolute Gasteiger partial charge is 0.466 e. The number of anilines is 7. The Bertz CT molecular complexity index is 5290. The number of aliphatic hydroxyl groups excluding tert-OH is 5. The Labute approximate surface area is 857 Å². The van der Waals surface area contributed by atoms with Crippen LogP contribution in [0.15, 0.2) is 127 Å². The summed E-state index contributed by atoms with van der Waals surface area (Å²) in [6.45, 7) is 42.4. The number of carbonyl (C=O) groups is 3. The van der Waals surface area contributed by atoms with Crippen molar-refractivity contribution in [3.05, 3.63) is 205 Å². The molecule has 7 aromatic carbocycles. The smallest absolute Gasteiger partial charge is 0.407 e. The Balaban J connectivity index is 0.000000128. The Hall–Kier alpha value is -9.14. The van der Waals surface area contributed by atoms with Crippen molar-refractivity contribution in [2.24, 2.45) is 22.9 Å². The van der Waals surface area contributed by atoms with Gasteiger partial charge in [0.15, 0.2) is 16.6 Å². The highest BCUT2D eigenvalue weighted by Gasteiger charge is 2.49. The second-order valence-electron chi connectivity index (χ2n) is 45.6. The van der Waals surface area contributed by atoms with Gasteiger partial charge >= 0.3 is 18.2 Å². The number of ether oxygens (including phenoxy) is 10. The predicted molar refractivity (Wildman–Crippen MR) is 567 cm³/mol. The van der Waals surface area contributed by atoms with Crippen LogP contribution in [-0.4, -0.2) is 209 Å². The summed E-state index contributed by atoms with van der Waals surface area (Å²) in [5.41, 5.74) is 45.0. The lowest BCUT2D eigenvalue weighted by Gasteiger charge is -2.47. The molecule has 22 N–H and O–H groups in total. The molecule has 0 spiro atoms. The van der Waals surface area contributed by atoms with Crippen LogP contribution in [0, 0.1) is 0 Å². The van der Waals surface area contributed by atoms with E-state index in [9.17, 15) is 39.9 Å². The fourth-order valence-electron chi connectivity index (χ4n) is 20.2. The average Bonchev–Trinajstić information content (AvgIpc) is 0.771. The normalized spacial score (nSPS) is 27.8. The third-order valence-corrected chi connectivity index (χ3v) is 39.4. The summed E-state index contributed by atoms with van der Waals surface area (Å²) in [6, 6.07) is 44.2. The lowest BCUT2D eigenvalue weighted by Crippen LogP contribution is -2.54. The monoisotopic (exact) mass is 2040 g/mol. The van der Waals surface area contributed by atoms with E-state index in [1.165, 1.54) is 33.6 Å². The first-order valence-corrected chi connectivity index (χ1v) is 57.8. The molecule has 0 aromatic heterocycles. The molecule has 35 heteroatoms. The Morgan fingerprint density at radius 2 is 0.559 bits per heavy atom. The standard InChI is InChI=1S/2C18H30N2O2Si.2C17H24N2O4.C16H21NO4.2C12H16N2O2/c2*1-18(2,3)23(4,5)22-17-11-21-16-9-15(17)20-14-7-6-12(10-19)8-13(14)16;2*1-17(2,3)23-16(21)18-8-10-4-5-12-11(6-10)15-7-13(19-12)14(20)9-22-15;1-2-20-16(19)6-4-10-3-5-12-11(7-10)15-8-13(17-12)14(18)9-21-15;2*13-5-7-1-2-9-8(3-7)12-4-10(14-9)11(15)6-16-12/h2*6-8,15-17,20H,9-11,19H2,1-5H3;2*4-6,13-15,19-20H,7-9H2,1-3H3,(H,18,21);3,5,7,13-15,17-18H,2,4,6,8-9H2,1H3;2*1-3,10-12,14-15H,4-6,13H2/t15-,16-,17+;15-,16-,17-;13-,14+,15-;13-,14-,15-;13-,14+,15-;10-,11+,12-;10-,11-,12-/m0101101/s1. The van der Waals surface area contributed by atoms with Gasteiger partial charge in [0.2, 0.25) is 0 Å². The molecule has 14 heterocycles. The van der Waals surface area contributed by atoms with E-state index in [4.69, 9.17) is 79.2 Å². The van der Waals surface area contributed by atoms with Crippen molar-refractivity contribution < 1.29 is 96.1 Å². The quantitative estimate of drug-likeness (QED) is 0.0243. The summed E-state index contributed by atoms with van der Waals surface area (Å²) < 4.78 is 69.5. The van der Waals surface area contributed by atoms with E-state index in [-0.39, 0.29) is 101 Å². The number of nitrogens with two attached hydrogens (primary N) is 4. The Morgan fingerprint density at radius 1 is 0.338 bits per heavy atom. The molecule has 7 fully saturated rings. The number of nitrogens with one attached hydrogen (secondary N) is 9. The minimum Gasteiger partial charge on any atom is -0.466 e. The summed E-state index contributed by atoms with van der Waals surface area (Å²) in [5, 5.41) is 79.2. The van der Waals surface area contributed by atoms with Crippen LogP contribution in [0.25, 0.3) is 0 Å². The molecule has 14 aliphatic rings. The van der Waals surface area contributed by atoms with Gasteiger partial charge in [-0.1, -0.05) is 90.1 Å². The second kappa shape index (κ2) is 47.0. The van der Waals surface area contributed by atoms with E-state index in [2.05, 4.69) is 170 Å². The van der Waals surface area contributed by atoms with Gasteiger partial charge < -0.3 is 153 Å². The second-order valence-corrected chi connectivity index (χ2v) is 55.1. The van der Waals surface area contributed by atoms with Crippen molar-refractivity contribution in [2.45, 2.75) is 362 Å². The summed E-state index contributed by atoms with van der Waals surface area (Å²) in [5.74, 6) is -0.162. The van der Waals surface area contributed by atoms with Crippen LogP contribution < -0.4 is 70.8 Å². The minimum absolute atomic E-state index is 0.00104. The number of carbonyl (C=O) groups excluding carboxylic acids is 3. The van der Waals surface area contributed by atoms with Gasteiger partial charge in [-0.2, -0.15) is 0 Å². The van der Waals surface area contributed by atoms with Gasteiger partial charge in [0.05, 0.1) is 181 Å². The number of hydrogen-bond acceptors (Lipinski definition) is 31. The number of aliphatic hydroxyl groups is 5. The molecule has 7 saturated heterocycles. The minimum atomic E-state index is -1.79. The third-order valence-electron chi connectivity index (χ3n) is 30.4. The first-order valence-electron chi connectivity index (χ1n) is 52.0. The molecule has 7 aromatic rings. The molecule has 21 atom stereocenters. The summed E-state index contributed by atoms with van der Waals surface area (Å²) in [4.78, 5) is 34.9. The van der Waals surface area contributed by atoms with Crippen LogP contribution in [0.1, 0.15) is 262 Å². The fraction of sp³-hybridized carbons (Fsp3) is 0.591. The van der Waals surface area contributed by atoms with Crippen molar-refractivity contribution >= 4 is 74.6 Å². The van der Waals surface area contributed by atoms with Crippen LogP contribution in [0.5, 0.6) is 0 Å². The Morgan fingerprint density at radius 3 is 0.800 bits per heavy atom. The first-order chi connectivity index (χ1) is 68.8. The zero-order valence-corrected chi connectivity index (χ0v) is 89.7. The average molecular weight is 2040 g/mol.